The van der Waals surface area contributed by atoms with E-state index in [2.05, 4.69) is 16.5 Å². The normalized spacial score (nSPS) is 11.6. The van der Waals surface area contributed by atoms with Crippen molar-refractivity contribution < 1.29 is 19.1 Å². The first-order chi connectivity index (χ1) is 10.9. The van der Waals surface area contributed by atoms with Gasteiger partial charge in [0.15, 0.2) is 5.82 Å². The van der Waals surface area contributed by atoms with Gasteiger partial charge in [0, 0.05) is 12.6 Å². The van der Waals surface area contributed by atoms with Crippen molar-refractivity contribution in [1.82, 2.24) is 9.97 Å². The van der Waals surface area contributed by atoms with Crippen LogP contribution in [0.3, 0.4) is 0 Å². The lowest BCUT2D eigenvalue weighted by Crippen LogP contribution is -2.44. The second-order valence-corrected chi connectivity index (χ2v) is 7.16. The first-order valence-electron chi connectivity index (χ1n) is 7.61. The second kappa shape index (κ2) is 7.42. The SMILES string of the molecule is C=CCc1cncc(N(C(=O)OC(C)(C)C)C(=O)OC(C)(C)C)n1. The van der Waals surface area contributed by atoms with Crippen LogP contribution in [-0.2, 0) is 15.9 Å². The molecule has 7 heteroatoms. The van der Waals surface area contributed by atoms with Crippen molar-refractivity contribution in [2.24, 2.45) is 0 Å². The van der Waals surface area contributed by atoms with Gasteiger partial charge in [0.2, 0.25) is 0 Å². The molecule has 0 bridgehead atoms. The molecule has 7 nitrogen and oxygen atoms in total. The highest BCUT2D eigenvalue weighted by atomic mass is 16.6. The monoisotopic (exact) mass is 335 g/mol. The molecule has 1 aromatic rings. The maximum Gasteiger partial charge on any atom is 0.425 e. The van der Waals surface area contributed by atoms with Gasteiger partial charge < -0.3 is 9.47 Å². The topological polar surface area (TPSA) is 81.6 Å². The van der Waals surface area contributed by atoms with Crippen molar-refractivity contribution in [3.63, 3.8) is 0 Å². The molecule has 132 valence electrons. The van der Waals surface area contributed by atoms with Gasteiger partial charge in [-0.05, 0) is 41.5 Å². The van der Waals surface area contributed by atoms with E-state index in [4.69, 9.17) is 9.47 Å². The third-order valence-electron chi connectivity index (χ3n) is 2.41. The van der Waals surface area contributed by atoms with Crippen molar-refractivity contribution in [2.45, 2.75) is 59.2 Å². The Kier molecular flexibility index (Phi) is 6.06. The van der Waals surface area contributed by atoms with E-state index >= 15 is 0 Å². The Bertz CT molecular complexity index is 587. The van der Waals surface area contributed by atoms with Gasteiger partial charge >= 0.3 is 12.2 Å². The van der Waals surface area contributed by atoms with E-state index in [9.17, 15) is 9.59 Å². The first kappa shape index (κ1) is 19.6. The molecule has 0 aliphatic rings. The third-order valence-corrected chi connectivity index (χ3v) is 2.41. The van der Waals surface area contributed by atoms with E-state index in [0.717, 1.165) is 4.90 Å². The van der Waals surface area contributed by atoms with Crippen molar-refractivity contribution in [2.75, 3.05) is 4.90 Å². The van der Waals surface area contributed by atoms with Crippen molar-refractivity contribution in [3.8, 4) is 0 Å². The quantitative estimate of drug-likeness (QED) is 0.780. The molecule has 0 atom stereocenters. The molecule has 0 spiro atoms. The molecule has 0 aliphatic carbocycles. The molecule has 0 fully saturated rings. The number of anilines is 1. The summed E-state index contributed by atoms with van der Waals surface area (Å²) in [4.78, 5) is 34.0. The van der Waals surface area contributed by atoms with E-state index < -0.39 is 23.4 Å². The molecule has 1 aromatic heterocycles. The van der Waals surface area contributed by atoms with Crippen molar-refractivity contribution in [3.05, 3.63) is 30.7 Å². The number of aromatic nitrogens is 2. The summed E-state index contributed by atoms with van der Waals surface area (Å²) in [6.07, 6.45) is 3.20. The number of ether oxygens (including phenoxy) is 2. The van der Waals surface area contributed by atoms with E-state index in [1.54, 1.807) is 47.6 Å². The van der Waals surface area contributed by atoms with Crippen LogP contribution in [0.2, 0.25) is 0 Å². The molecule has 0 unspecified atom stereocenters. The fourth-order valence-corrected chi connectivity index (χ4v) is 1.63. The zero-order chi connectivity index (χ0) is 18.5. The summed E-state index contributed by atoms with van der Waals surface area (Å²) in [6.45, 7) is 13.9. The van der Waals surface area contributed by atoms with Crippen LogP contribution in [0.25, 0.3) is 0 Å². The average Bonchev–Trinajstić information content (AvgIpc) is 2.35. The summed E-state index contributed by atoms with van der Waals surface area (Å²) in [5.41, 5.74) is -0.980. The van der Waals surface area contributed by atoms with Crippen molar-refractivity contribution in [1.29, 1.82) is 0 Å². The summed E-state index contributed by atoms with van der Waals surface area (Å²) < 4.78 is 10.6. The number of imide groups is 1. The van der Waals surface area contributed by atoms with Crippen LogP contribution in [0.15, 0.2) is 25.0 Å². The van der Waals surface area contributed by atoms with Gasteiger partial charge in [-0.15, -0.1) is 6.58 Å². The molecule has 0 saturated heterocycles. The Hall–Kier alpha value is -2.44. The number of hydrogen-bond acceptors (Lipinski definition) is 6. The smallest absolute Gasteiger partial charge is 0.425 e. The van der Waals surface area contributed by atoms with E-state index in [1.807, 2.05) is 0 Å². The summed E-state index contributed by atoms with van der Waals surface area (Å²) >= 11 is 0. The van der Waals surface area contributed by atoms with E-state index in [0.29, 0.717) is 12.1 Å². The lowest BCUT2D eigenvalue weighted by Gasteiger charge is -2.28. The minimum Gasteiger partial charge on any atom is -0.443 e. The molecule has 0 radical (unpaired) electrons. The highest BCUT2D eigenvalue weighted by Gasteiger charge is 2.33. The fraction of sp³-hybridized carbons (Fsp3) is 0.529. The van der Waals surface area contributed by atoms with Gasteiger partial charge in [0.25, 0.3) is 0 Å². The van der Waals surface area contributed by atoms with Crippen LogP contribution in [0.5, 0.6) is 0 Å². The molecule has 0 aromatic carbocycles. The number of carbonyl (C=O) groups excluding carboxylic acids is 2. The molecule has 24 heavy (non-hydrogen) atoms. The molecule has 0 N–H and O–H groups in total. The van der Waals surface area contributed by atoms with Gasteiger partial charge in [-0.25, -0.2) is 14.6 Å². The average molecular weight is 335 g/mol. The second-order valence-electron chi connectivity index (χ2n) is 7.16. The third kappa shape index (κ3) is 6.36. The number of allylic oxidation sites excluding steroid dienone is 1. The Morgan fingerprint density at radius 2 is 1.58 bits per heavy atom. The van der Waals surface area contributed by atoms with Crippen LogP contribution in [0.1, 0.15) is 47.2 Å². The highest BCUT2D eigenvalue weighted by molar-refractivity contribution is 6.08. The molecule has 2 amide bonds. The number of rotatable bonds is 3. The lowest BCUT2D eigenvalue weighted by molar-refractivity contribution is 0.0429. The van der Waals surface area contributed by atoms with Gasteiger partial charge in [-0.1, -0.05) is 6.08 Å². The first-order valence-corrected chi connectivity index (χ1v) is 7.61. The minimum absolute atomic E-state index is 0.0397. The predicted molar refractivity (Wildman–Crippen MR) is 90.9 cm³/mol. The van der Waals surface area contributed by atoms with Crippen molar-refractivity contribution >= 4 is 18.0 Å². The zero-order valence-corrected chi connectivity index (χ0v) is 15.1. The van der Waals surface area contributed by atoms with Gasteiger partial charge in [0.05, 0.1) is 11.9 Å². The molecule has 1 heterocycles. The Balaban J connectivity index is 3.22. The Morgan fingerprint density at radius 3 is 2.00 bits per heavy atom. The molecular weight excluding hydrogens is 310 g/mol. The van der Waals surface area contributed by atoms with Gasteiger partial charge in [-0.3, -0.25) is 4.98 Å². The Labute approximate surface area is 142 Å². The predicted octanol–water partition coefficient (Wildman–Crippen LogP) is 3.88. The van der Waals surface area contributed by atoms with Crippen LogP contribution in [0, 0.1) is 0 Å². The molecule has 0 saturated carbocycles. The van der Waals surface area contributed by atoms with E-state index in [-0.39, 0.29) is 5.82 Å². The van der Waals surface area contributed by atoms with Crippen LogP contribution in [0.4, 0.5) is 15.4 Å². The molecule has 0 aliphatic heterocycles. The van der Waals surface area contributed by atoms with Crippen LogP contribution in [-0.4, -0.2) is 33.4 Å². The van der Waals surface area contributed by atoms with Gasteiger partial charge in [0.1, 0.15) is 11.2 Å². The van der Waals surface area contributed by atoms with Crippen LogP contribution >= 0.6 is 0 Å². The maximum absolute atomic E-state index is 12.5. The van der Waals surface area contributed by atoms with E-state index in [1.165, 1.54) is 12.4 Å². The minimum atomic E-state index is -0.873. The standard InChI is InChI=1S/C17H25N3O4/c1-8-9-12-10-18-11-13(19-12)20(14(21)23-16(2,3)4)15(22)24-17(5,6)7/h8,10-11H,1,9H2,2-7H3. The summed E-state index contributed by atoms with van der Waals surface area (Å²) in [5.74, 6) is 0.0397. The number of amides is 2. The van der Waals surface area contributed by atoms with Gasteiger partial charge in [-0.2, -0.15) is 4.90 Å². The molecule has 1 rings (SSSR count). The highest BCUT2D eigenvalue weighted by Crippen LogP contribution is 2.19. The number of hydrogen-bond donors (Lipinski definition) is 0. The number of nitrogens with zero attached hydrogens (tertiary/aromatic N) is 3. The summed E-state index contributed by atoms with van der Waals surface area (Å²) in [7, 11) is 0. The number of carbonyl (C=O) groups is 2. The largest absolute Gasteiger partial charge is 0.443 e. The van der Waals surface area contributed by atoms with Crippen LogP contribution < -0.4 is 4.90 Å². The summed E-state index contributed by atoms with van der Waals surface area (Å²) in [5, 5.41) is 0. The molecular formula is C17H25N3O4. The maximum atomic E-state index is 12.5. The lowest BCUT2D eigenvalue weighted by atomic mass is 10.2. The fourth-order valence-electron chi connectivity index (χ4n) is 1.63. The zero-order valence-electron chi connectivity index (χ0n) is 15.1. The Morgan fingerprint density at radius 1 is 1.08 bits per heavy atom. The summed E-state index contributed by atoms with van der Waals surface area (Å²) in [6, 6.07) is 0.